The molecule has 2 aromatic rings. The molecule has 0 aromatic heterocycles. The van der Waals surface area contributed by atoms with Crippen LogP contribution in [0, 0.1) is 0 Å². The van der Waals surface area contributed by atoms with E-state index in [1.54, 1.807) is 42.5 Å². The van der Waals surface area contributed by atoms with Crippen molar-refractivity contribution in [2.24, 2.45) is 0 Å². The highest BCUT2D eigenvalue weighted by Crippen LogP contribution is 2.29. The fourth-order valence-electron chi connectivity index (χ4n) is 2.06. The van der Waals surface area contributed by atoms with E-state index in [2.05, 4.69) is 5.32 Å². The van der Waals surface area contributed by atoms with Gasteiger partial charge in [-0.05, 0) is 29.8 Å². The molecule has 0 aliphatic heterocycles. The van der Waals surface area contributed by atoms with Crippen molar-refractivity contribution in [3.63, 3.8) is 0 Å². The molecule has 0 spiro atoms. The number of rotatable bonds is 5. The van der Waals surface area contributed by atoms with Crippen molar-refractivity contribution >= 4 is 52.3 Å². The summed E-state index contributed by atoms with van der Waals surface area (Å²) in [7, 11) is 0. The molecule has 4 nitrogen and oxygen atoms in total. The second kappa shape index (κ2) is 8.38. The van der Waals surface area contributed by atoms with Crippen molar-refractivity contribution in [1.29, 1.82) is 0 Å². The van der Waals surface area contributed by atoms with Crippen LogP contribution in [-0.4, -0.2) is 23.3 Å². The third kappa shape index (κ3) is 5.13. The minimum absolute atomic E-state index is 0.112. The highest BCUT2D eigenvalue weighted by molar-refractivity contribution is 6.39. The zero-order valence-corrected chi connectivity index (χ0v) is 15.1. The first-order chi connectivity index (χ1) is 11.4. The van der Waals surface area contributed by atoms with E-state index in [0.717, 1.165) is 5.56 Å². The Kier molecular flexibility index (Phi) is 6.49. The molecule has 2 aromatic carbocycles. The average Bonchev–Trinajstić information content (AvgIpc) is 2.52. The van der Waals surface area contributed by atoms with E-state index in [4.69, 9.17) is 34.8 Å². The van der Waals surface area contributed by atoms with E-state index < -0.39 is 0 Å². The number of carbonyl (C=O) groups is 2. The maximum atomic E-state index is 12.2. The summed E-state index contributed by atoms with van der Waals surface area (Å²) >= 11 is 17.9. The number of hydrogen-bond acceptors (Lipinski definition) is 2. The normalized spacial score (nSPS) is 10.3. The zero-order chi connectivity index (χ0) is 17.7. The maximum Gasteiger partial charge on any atom is 0.244 e. The fraction of sp³-hybridized carbons (Fsp3) is 0.176. The highest BCUT2D eigenvalue weighted by Gasteiger charge is 2.16. The van der Waals surface area contributed by atoms with Crippen LogP contribution in [0.5, 0.6) is 0 Å². The lowest BCUT2D eigenvalue weighted by Crippen LogP contribution is -2.36. The number of anilines is 1. The summed E-state index contributed by atoms with van der Waals surface area (Å²) in [5, 5.41) is 3.92. The van der Waals surface area contributed by atoms with Crippen molar-refractivity contribution < 1.29 is 9.59 Å². The van der Waals surface area contributed by atoms with Crippen LogP contribution < -0.4 is 5.32 Å². The molecular weight excluding hydrogens is 371 g/mol. The van der Waals surface area contributed by atoms with E-state index in [0.29, 0.717) is 27.3 Å². The first kappa shape index (κ1) is 18.6. The Bertz CT molecular complexity index is 728. The predicted octanol–water partition coefficient (Wildman–Crippen LogP) is 4.63. The van der Waals surface area contributed by atoms with Gasteiger partial charge in [0, 0.05) is 18.5 Å². The molecule has 0 heterocycles. The molecule has 24 heavy (non-hydrogen) atoms. The van der Waals surface area contributed by atoms with Crippen molar-refractivity contribution in [3.05, 3.63) is 63.1 Å². The van der Waals surface area contributed by atoms with Crippen molar-refractivity contribution in [1.82, 2.24) is 4.90 Å². The van der Waals surface area contributed by atoms with Gasteiger partial charge in [0.15, 0.2) is 0 Å². The molecule has 7 heteroatoms. The van der Waals surface area contributed by atoms with Crippen molar-refractivity contribution in [2.75, 3.05) is 11.9 Å². The van der Waals surface area contributed by atoms with Crippen LogP contribution in [0.25, 0.3) is 0 Å². The van der Waals surface area contributed by atoms with Crippen molar-refractivity contribution in [2.45, 2.75) is 13.5 Å². The Morgan fingerprint density at radius 1 is 1.00 bits per heavy atom. The number of amides is 2. The van der Waals surface area contributed by atoms with Gasteiger partial charge in [-0.25, -0.2) is 0 Å². The van der Waals surface area contributed by atoms with E-state index in [1.807, 2.05) is 0 Å². The molecule has 0 saturated heterocycles. The molecule has 0 fully saturated rings. The molecule has 1 N–H and O–H groups in total. The number of hydrogen-bond donors (Lipinski definition) is 1. The minimum atomic E-state index is -0.380. The smallest absolute Gasteiger partial charge is 0.244 e. The van der Waals surface area contributed by atoms with Crippen LogP contribution in [0.15, 0.2) is 42.5 Å². The lowest BCUT2D eigenvalue weighted by atomic mass is 10.2. The number of halogens is 3. The summed E-state index contributed by atoms with van der Waals surface area (Å²) in [5.41, 5.74) is 1.21. The molecule has 2 rings (SSSR count). The summed E-state index contributed by atoms with van der Waals surface area (Å²) in [4.78, 5) is 25.5. The number of para-hydroxylation sites is 1. The molecule has 2 amide bonds. The summed E-state index contributed by atoms with van der Waals surface area (Å²) < 4.78 is 0. The third-order valence-electron chi connectivity index (χ3n) is 3.29. The lowest BCUT2D eigenvalue weighted by molar-refractivity contribution is -0.133. The Labute approximate surface area is 155 Å². The van der Waals surface area contributed by atoms with Gasteiger partial charge >= 0.3 is 0 Å². The van der Waals surface area contributed by atoms with E-state index >= 15 is 0 Å². The summed E-state index contributed by atoms with van der Waals surface area (Å²) in [6.07, 6.45) is 0. The topological polar surface area (TPSA) is 49.4 Å². The summed E-state index contributed by atoms with van der Waals surface area (Å²) in [5.74, 6) is -0.598. The molecule has 0 aliphatic carbocycles. The molecular formula is C17H15Cl3N2O2. The van der Waals surface area contributed by atoms with E-state index in [9.17, 15) is 9.59 Å². The molecule has 0 unspecified atom stereocenters. The van der Waals surface area contributed by atoms with Crippen LogP contribution in [0.3, 0.4) is 0 Å². The van der Waals surface area contributed by atoms with Gasteiger partial charge in [0.1, 0.15) is 6.54 Å². The van der Waals surface area contributed by atoms with Crippen LogP contribution in [-0.2, 0) is 16.1 Å². The molecule has 0 atom stereocenters. The predicted molar refractivity (Wildman–Crippen MR) is 97.6 cm³/mol. The van der Waals surface area contributed by atoms with Gasteiger partial charge < -0.3 is 10.2 Å². The number of nitrogens with one attached hydrogen (secondary N) is 1. The van der Waals surface area contributed by atoms with Crippen LogP contribution in [0.1, 0.15) is 12.5 Å². The summed E-state index contributed by atoms with van der Waals surface area (Å²) in [6.45, 7) is 1.60. The Balaban J connectivity index is 2.06. The number of nitrogens with zero attached hydrogens (tertiary/aromatic N) is 1. The van der Waals surface area contributed by atoms with E-state index in [1.165, 1.54) is 11.8 Å². The van der Waals surface area contributed by atoms with Gasteiger partial charge in [-0.15, -0.1) is 0 Å². The van der Waals surface area contributed by atoms with Crippen LogP contribution in [0.4, 0.5) is 5.69 Å². The Morgan fingerprint density at radius 2 is 1.58 bits per heavy atom. The molecule has 0 radical (unpaired) electrons. The van der Waals surface area contributed by atoms with E-state index in [-0.39, 0.29) is 18.4 Å². The molecule has 0 bridgehead atoms. The second-order valence-electron chi connectivity index (χ2n) is 5.15. The highest BCUT2D eigenvalue weighted by atomic mass is 35.5. The zero-order valence-electron chi connectivity index (χ0n) is 12.9. The second-order valence-corrected chi connectivity index (χ2v) is 6.40. The third-order valence-corrected chi connectivity index (χ3v) is 4.18. The standard InChI is InChI=1S/C17H15Cl3N2O2/c1-11(23)22(9-12-5-7-13(18)8-6-12)10-16(24)21-17-14(19)3-2-4-15(17)20/h2-8H,9-10H2,1H3,(H,21,24). The van der Waals surface area contributed by atoms with Crippen molar-refractivity contribution in [3.8, 4) is 0 Å². The van der Waals surface area contributed by atoms with Crippen LogP contribution >= 0.6 is 34.8 Å². The largest absolute Gasteiger partial charge is 0.329 e. The van der Waals surface area contributed by atoms with Gasteiger partial charge in [-0.3, -0.25) is 9.59 Å². The Morgan fingerprint density at radius 3 is 2.12 bits per heavy atom. The quantitative estimate of drug-likeness (QED) is 0.815. The SMILES string of the molecule is CC(=O)N(CC(=O)Nc1c(Cl)cccc1Cl)Cc1ccc(Cl)cc1. The molecule has 0 aliphatic rings. The fourth-order valence-corrected chi connectivity index (χ4v) is 2.68. The van der Waals surface area contributed by atoms with Gasteiger partial charge in [0.05, 0.1) is 15.7 Å². The van der Waals surface area contributed by atoms with Gasteiger partial charge in [0.2, 0.25) is 11.8 Å². The first-order valence-corrected chi connectivity index (χ1v) is 8.24. The number of benzene rings is 2. The van der Waals surface area contributed by atoms with Gasteiger partial charge in [-0.1, -0.05) is 53.0 Å². The maximum absolute atomic E-state index is 12.2. The lowest BCUT2D eigenvalue weighted by Gasteiger charge is -2.21. The average molecular weight is 386 g/mol. The van der Waals surface area contributed by atoms with Gasteiger partial charge in [-0.2, -0.15) is 0 Å². The minimum Gasteiger partial charge on any atom is -0.329 e. The Hall–Kier alpha value is -1.75. The molecule has 0 saturated carbocycles. The van der Waals surface area contributed by atoms with Gasteiger partial charge in [0.25, 0.3) is 0 Å². The summed E-state index contributed by atoms with van der Waals surface area (Å²) in [6, 6.07) is 12.0. The monoisotopic (exact) mass is 384 g/mol. The first-order valence-electron chi connectivity index (χ1n) is 7.10. The van der Waals surface area contributed by atoms with Crippen LogP contribution in [0.2, 0.25) is 15.1 Å². The molecule has 126 valence electrons. The number of carbonyl (C=O) groups excluding carboxylic acids is 2.